The third-order valence-corrected chi connectivity index (χ3v) is 3.68. The normalized spacial score (nSPS) is 13.8. The van der Waals surface area contributed by atoms with Crippen LogP contribution in [0.25, 0.3) is 0 Å². The smallest absolute Gasteiger partial charge is 0.105 e. The molecule has 3 heteroatoms. The molecule has 0 aliphatic carbocycles. The Bertz CT molecular complexity index is 326. The van der Waals surface area contributed by atoms with Crippen LogP contribution >= 0.6 is 11.3 Å². The molecule has 0 amide bonds. The molecule has 0 saturated carbocycles. The topological polar surface area (TPSA) is 24.7 Å². The first-order chi connectivity index (χ1) is 5.86. The first-order valence-electron chi connectivity index (χ1n) is 4.37. The molecule has 0 saturated heterocycles. The van der Waals surface area contributed by atoms with Gasteiger partial charge >= 0.3 is 0 Å². The largest absolute Gasteiger partial charge is 0.184 e. The van der Waals surface area contributed by atoms with Crippen LogP contribution < -0.4 is 0 Å². The Balaban J connectivity index is 2.52. The van der Waals surface area contributed by atoms with Crippen LogP contribution in [-0.4, -0.2) is 0 Å². The van der Waals surface area contributed by atoms with E-state index in [2.05, 4.69) is 24.1 Å². The number of thiophene rings is 1. The first-order valence-corrected chi connectivity index (χ1v) is 5.19. The molecular formula is C9H12N2S. The fraction of sp³-hybridized carbons (Fsp3) is 0.556. The van der Waals surface area contributed by atoms with Crippen molar-refractivity contribution in [2.45, 2.75) is 33.2 Å². The molecule has 64 valence electrons. The van der Waals surface area contributed by atoms with Gasteiger partial charge in [-0.05, 0) is 12.8 Å². The van der Waals surface area contributed by atoms with Gasteiger partial charge in [-0.15, -0.1) is 11.3 Å². The number of rotatable bonds is 2. The minimum Gasteiger partial charge on any atom is -0.184 e. The number of hydrogen-bond acceptors (Lipinski definition) is 3. The van der Waals surface area contributed by atoms with Gasteiger partial charge in [-0.2, -0.15) is 10.2 Å². The average Bonchev–Trinajstić information content (AvgIpc) is 2.63. The molecule has 0 N–H and O–H groups in total. The van der Waals surface area contributed by atoms with Gasteiger partial charge in [0.25, 0.3) is 0 Å². The van der Waals surface area contributed by atoms with Gasteiger partial charge in [-0.3, -0.25) is 0 Å². The van der Waals surface area contributed by atoms with E-state index in [4.69, 9.17) is 0 Å². The Hall–Kier alpha value is -0.700. The Morgan fingerprint density at radius 3 is 2.67 bits per heavy atom. The second kappa shape index (κ2) is 2.98. The van der Waals surface area contributed by atoms with Crippen LogP contribution in [0, 0.1) is 0 Å². The van der Waals surface area contributed by atoms with Crippen molar-refractivity contribution in [1.29, 1.82) is 0 Å². The lowest BCUT2D eigenvalue weighted by Gasteiger charge is -1.90. The second-order valence-corrected chi connectivity index (χ2v) is 4.07. The van der Waals surface area contributed by atoms with Gasteiger partial charge in [-0.1, -0.05) is 13.8 Å². The predicted octanol–water partition coefficient (Wildman–Crippen LogP) is 3.47. The lowest BCUT2D eigenvalue weighted by molar-refractivity contribution is 1.01. The SMILES string of the molecule is CCc1sc(CC)c2c1CN=N2. The number of hydrogen-bond donors (Lipinski definition) is 0. The summed E-state index contributed by atoms with van der Waals surface area (Å²) >= 11 is 1.91. The molecule has 0 atom stereocenters. The second-order valence-electron chi connectivity index (χ2n) is 2.88. The summed E-state index contributed by atoms with van der Waals surface area (Å²) in [4.78, 5) is 2.88. The van der Waals surface area contributed by atoms with Crippen LogP contribution in [0.3, 0.4) is 0 Å². The zero-order valence-corrected chi connectivity index (χ0v) is 8.24. The van der Waals surface area contributed by atoms with Gasteiger partial charge in [0.1, 0.15) is 5.69 Å². The van der Waals surface area contributed by atoms with E-state index in [1.54, 1.807) is 0 Å². The van der Waals surface area contributed by atoms with Crippen molar-refractivity contribution < 1.29 is 0 Å². The Labute approximate surface area is 76.3 Å². The van der Waals surface area contributed by atoms with E-state index < -0.39 is 0 Å². The average molecular weight is 180 g/mol. The zero-order chi connectivity index (χ0) is 8.55. The Morgan fingerprint density at radius 2 is 2.00 bits per heavy atom. The van der Waals surface area contributed by atoms with Crippen molar-refractivity contribution in [1.82, 2.24) is 0 Å². The van der Waals surface area contributed by atoms with E-state index in [9.17, 15) is 0 Å². The molecular weight excluding hydrogens is 168 g/mol. The van der Waals surface area contributed by atoms with Gasteiger partial charge in [0, 0.05) is 15.3 Å². The van der Waals surface area contributed by atoms with Crippen LogP contribution in [0.5, 0.6) is 0 Å². The lowest BCUT2D eigenvalue weighted by Crippen LogP contribution is -1.79. The molecule has 0 fully saturated rings. The molecule has 1 aromatic heterocycles. The molecule has 0 spiro atoms. The van der Waals surface area contributed by atoms with E-state index in [0.29, 0.717) is 0 Å². The van der Waals surface area contributed by atoms with Crippen molar-refractivity contribution in [2.24, 2.45) is 10.2 Å². The van der Waals surface area contributed by atoms with E-state index in [1.165, 1.54) is 21.0 Å². The summed E-state index contributed by atoms with van der Waals surface area (Å²) in [6.45, 7) is 5.19. The highest BCUT2D eigenvalue weighted by molar-refractivity contribution is 7.12. The number of aryl methyl sites for hydroxylation is 2. The molecule has 12 heavy (non-hydrogen) atoms. The van der Waals surface area contributed by atoms with E-state index in [0.717, 1.165) is 19.4 Å². The lowest BCUT2D eigenvalue weighted by atomic mass is 10.2. The van der Waals surface area contributed by atoms with Crippen molar-refractivity contribution in [3.63, 3.8) is 0 Å². The van der Waals surface area contributed by atoms with Gasteiger partial charge in [0.15, 0.2) is 0 Å². The summed E-state index contributed by atoms with van der Waals surface area (Å²) in [7, 11) is 0. The highest BCUT2D eigenvalue weighted by Crippen LogP contribution is 2.40. The molecule has 0 bridgehead atoms. The standard InChI is InChI=1S/C9H12N2S/c1-3-7-6-5-10-11-9(6)8(4-2)12-7/h3-5H2,1-2H3. The molecule has 2 heterocycles. The highest BCUT2D eigenvalue weighted by Gasteiger charge is 2.18. The zero-order valence-electron chi connectivity index (χ0n) is 7.42. The number of azo groups is 1. The van der Waals surface area contributed by atoms with Crippen LogP contribution in [0.2, 0.25) is 0 Å². The van der Waals surface area contributed by atoms with Crippen molar-refractivity contribution in [3.05, 3.63) is 15.3 Å². The third kappa shape index (κ3) is 1.00. The van der Waals surface area contributed by atoms with Crippen molar-refractivity contribution >= 4 is 17.0 Å². The summed E-state index contributed by atoms with van der Waals surface area (Å²) in [6.07, 6.45) is 2.21. The van der Waals surface area contributed by atoms with Crippen molar-refractivity contribution in [2.75, 3.05) is 0 Å². The van der Waals surface area contributed by atoms with Gasteiger partial charge in [-0.25, -0.2) is 0 Å². The summed E-state index contributed by atoms with van der Waals surface area (Å²) < 4.78 is 0. The minimum absolute atomic E-state index is 0.814. The van der Waals surface area contributed by atoms with Crippen molar-refractivity contribution in [3.8, 4) is 0 Å². The molecule has 0 unspecified atom stereocenters. The third-order valence-electron chi connectivity index (χ3n) is 2.17. The maximum absolute atomic E-state index is 4.17. The van der Waals surface area contributed by atoms with Crippen LogP contribution in [0.1, 0.15) is 29.2 Å². The summed E-state index contributed by atoms with van der Waals surface area (Å²) in [5.41, 5.74) is 2.57. The quantitative estimate of drug-likeness (QED) is 0.665. The molecule has 2 rings (SSSR count). The summed E-state index contributed by atoms with van der Waals surface area (Å²) in [5, 5.41) is 8.23. The molecule has 1 aromatic rings. The minimum atomic E-state index is 0.814. The Morgan fingerprint density at radius 1 is 1.25 bits per heavy atom. The number of fused-ring (bicyclic) bond motifs is 1. The fourth-order valence-electron chi connectivity index (χ4n) is 1.54. The maximum atomic E-state index is 4.17. The molecule has 0 aromatic carbocycles. The molecule has 1 aliphatic rings. The fourth-order valence-corrected chi connectivity index (χ4v) is 2.67. The summed E-state index contributed by atoms with van der Waals surface area (Å²) in [6, 6.07) is 0. The highest BCUT2D eigenvalue weighted by atomic mass is 32.1. The maximum Gasteiger partial charge on any atom is 0.105 e. The number of nitrogens with zero attached hydrogens (tertiary/aromatic N) is 2. The van der Waals surface area contributed by atoms with Gasteiger partial charge in [0.2, 0.25) is 0 Å². The van der Waals surface area contributed by atoms with E-state index >= 15 is 0 Å². The molecule has 0 radical (unpaired) electrons. The van der Waals surface area contributed by atoms with Crippen LogP contribution in [0.15, 0.2) is 10.2 Å². The van der Waals surface area contributed by atoms with E-state index in [-0.39, 0.29) is 0 Å². The predicted molar refractivity (Wildman–Crippen MR) is 51.3 cm³/mol. The van der Waals surface area contributed by atoms with Crippen LogP contribution in [0.4, 0.5) is 5.69 Å². The Kier molecular flexibility index (Phi) is 1.97. The molecule has 1 aliphatic heterocycles. The van der Waals surface area contributed by atoms with Crippen LogP contribution in [-0.2, 0) is 19.4 Å². The first kappa shape index (κ1) is 7.92. The van der Waals surface area contributed by atoms with E-state index in [1.807, 2.05) is 11.3 Å². The summed E-state index contributed by atoms with van der Waals surface area (Å²) in [5.74, 6) is 0. The monoisotopic (exact) mass is 180 g/mol. The molecule has 2 nitrogen and oxygen atoms in total. The van der Waals surface area contributed by atoms with Gasteiger partial charge in [0.05, 0.1) is 6.54 Å². The van der Waals surface area contributed by atoms with Gasteiger partial charge < -0.3 is 0 Å².